The molecule has 0 amide bonds. The van der Waals surface area contributed by atoms with E-state index in [0.29, 0.717) is 12.1 Å². The van der Waals surface area contributed by atoms with Gasteiger partial charge in [0.2, 0.25) is 0 Å². The zero-order valence-corrected chi connectivity index (χ0v) is 13.4. The van der Waals surface area contributed by atoms with Crippen LogP contribution in [0.1, 0.15) is 25.7 Å². The highest BCUT2D eigenvalue weighted by molar-refractivity contribution is 9.10. The van der Waals surface area contributed by atoms with Gasteiger partial charge in [0, 0.05) is 27.8 Å². The minimum Gasteiger partial charge on any atom is -0.378 e. The van der Waals surface area contributed by atoms with Crippen LogP contribution < -0.4 is 11.3 Å². The second-order valence-electron chi connectivity index (χ2n) is 4.84. The van der Waals surface area contributed by atoms with Crippen LogP contribution in [-0.4, -0.2) is 24.5 Å². The third kappa shape index (κ3) is 5.44. The van der Waals surface area contributed by atoms with Gasteiger partial charge in [-0.25, -0.2) is 0 Å². The molecule has 3 nitrogen and oxygen atoms in total. The minimum atomic E-state index is 0.341. The maximum absolute atomic E-state index is 5.64. The lowest BCUT2D eigenvalue weighted by Gasteiger charge is -2.17. The van der Waals surface area contributed by atoms with E-state index < -0.39 is 0 Å². The molecule has 3 N–H and O–H groups in total. The molecule has 2 rings (SSSR count). The molecule has 0 saturated carbocycles. The Morgan fingerprint density at radius 1 is 1.53 bits per heavy atom. The van der Waals surface area contributed by atoms with E-state index in [1.54, 1.807) is 0 Å². The molecule has 1 aromatic carbocycles. The van der Waals surface area contributed by atoms with Gasteiger partial charge in [-0.15, -0.1) is 11.8 Å². The summed E-state index contributed by atoms with van der Waals surface area (Å²) in [4.78, 5) is 1.27. The molecular formula is C14H21BrN2OS. The summed E-state index contributed by atoms with van der Waals surface area (Å²) < 4.78 is 6.76. The predicted molar refractivity (Wildman–Crippen MR) is 84.2 cm³/mol. The summed E-state index contributed by atoms with van der Waals surface area (Å²) in [6.07, 6.45) is 5.04. The lowest BCUT2D eigenvalue weighted by molar-refractivity contribution is 0.100. The molecule has 1 heterocycles. The molecule has 0 spiro atoms. The fraction of sp³-hybridized carbons (Fsp3) is 0.571. The van der Waals surface area contributed by atoms with Crippen molar-refractivity contribution in [1.29, 1.82) is 0 Å². The van der Waals surface area contributed by atoms with E-state index in [-0.39, 0.29) is 0 Å². The molecule has 0 aromatic heterocycles. The first kappa shape index (κ1) is 15.3. The molecule has 2 unspecified atom stereocenters. The average Bonchev–Trinajstić information content (AvgIpc) is 2.92. The number of hydrogen-bond donors (Lipinski definition) is 2. The van der Waals surface area contributed by atoms with Crippen molar-refractivity contribution in [2.24, 2.45) is 5.84 Å². The van der Waals surface area contributed by atoms with Crippen LogP contribution >= 0.6 is 27.7 Å². The average molecular weight is 345 g/mol. The molecule has 106 valence electrons. The van der Waals surface area contributed by atoms with Crippen LogP contribution in [0.25, 0.3) is 0 Å². The highest BCUT2D eigenvalue weighted by Gasteiger charge is 2.17. The number of thioether (sulfide) groups is 1. The monoisotopic (exact) mass is 344 g/mol. The number of nitrogens with one attached hydrogen (secondary N) is 1. The number of hydrogen-bond acceptors (Lipinski definition) is 4. The standard InChI is InChI=1S/C14H21BrN2OS/c15-11-3-1-5-14(9-11)19-10-12(17-16)6-7-13-4-2-8-18-13/h1,3,5,9,12-13,17H,2,4,6-8,10,16H2. The molecule has 5 heteroatoms. The van der Waals surface area contributed by atoms with Gasteiger partial charge in [-0.1, -0.05) is 22.0 Å². The fourth-order valence-corrected chi connectivity index (χ4v) is 3.82. The molecule has 1 aliphatic rings. The smallest absolute Gasteiger partial charge is 0.0576 e. The van der Waals surface area contributed by atoms with Crippen LogP contribution in [0.5, 0.6) is 0 Å². The van der Waals surface area contributed by atoms with Crippen molar-refractivity contribution in [2.75, 3.05) is 12.4 Å². The lowest BCUT2D eigenvalue weighted by Crippen LogP contribution is -2.37. The van der Waals surface area contributed by atoms with Gasteiger partial charge in [-0.2, -0.15) is 0 Å². The Bertz CT molecular complexity index is 385. The summed E-state index contributed by atoms with van der Waals surface area (Å²) in [6, 6.07) is 8.71. The molecule has 0 bridgehead atoms. The van der Waals surface area contributed by atoms with E-state index in [0.717, 1.165) is 29.7 Å². The van der Waals surface area contributed by atoms with Crippen LogP contribution in [0.15, 0.2) is 33.6 Å². The summed E-state index contributed by atoms with van der Waals surface area (Å²) in [6.45, 7) is 0.929. The van der Waals surface area contributed by atoms with Gasteiger partial charge in [-0.05, 0) is 43.9 Å². The summed E-state index contributed by atoms with van der Waals surface area (Å²) in [5, 5.41) is 0. The van der Waals surface area contributed by atoms with Crippen molar-refractivity contribution in [3.8, 4) is 0 Å². The van der Waals surface area contributed by atoms with Crippen LogP contribution in [-0.2, 0) is 4.74 Å². The first-order chi connectivity index (χ1) is 9.28. The van der Waals surface area contributed by atoms with Crippen LogP contribution in [0.4, 0.5) is 0 Å². The Morgan fingerprint density at radius 3 is 3.11 bits per heavy atom. The summed E-state index contributed by atoms with van der Waals surface area (Å²) in [7, 11) is 0. The van der Waals surface area contributed by atoms with Gasteiger partial charge in [-0.3, -0.25) is 11.3 Å². The second kappa shape index (κ2) is 8.27. The highest BCUT2D eigenvalue weighted by atomic mass is 79.9. The zero-order chi connectivity index (χ0) is 13.5. The van der Waals surface area contributed by atoms with Crippen molar-refractivity contribution < 1.29 is 4.74 Å². The number of benzene rings is 1. The Kier molecular flexibility index (Phi) is 6.67. The third-order valence-corrected chi connectivity index (χ3v) is 4.99. The molecule has 1 aliphatic heterocycles. The van der Waals surface area contributed by atoms with E-state index in [1.807, 2.05) is 17.8 Å². The quantitative estimate of drug-likeness (QED) is 0.452. The van der Waals surface area contributed by atoms with Gasteiger partial charge in [0.05, 0.1) is 6.10 Å². The number of hydrazine groups is 1. The molecule has 1 fully saturated rings. The van der Waals surface area contributed by atoms with Crippen LogP contribution in [0.3, 0.4) is 0 Å². The fourth-order valence-electron chi connectivity index (χ4n) is 2.23. The topological polar surface area (TPSA) is 47.3 Å². The van der Waals surface area contributed by atoms with Gasteiger partial charge in [0.15, 0.2) is 0 Å². The Hall–Kier alpha value is -0.0700. The first-order valence-corrected chi connectivity index (χ1v) is 8.52. The van der Waals surface area contributed by atoms with Crippen molar-refractivity contribution in [3.05, 3.63) is 28.7 Å². The summed E-state index contributed by atoms with van der Waals surface area (Å²) in [5.74, 6) is 6.62. The van der Waals surface area contributed by atoms with Crippen molar-refractivity contribution >= 4 is 27.7 Å². The maximum atomic E-state index is 5.64. The molecule has 0 aliphatic carbocycles. The molecular weight excluding hydrogens is 324 g/mol. The molecule has 0 radical (unpaired) electrons. The molecule has 2 atom stereocenters. The number of halogens is 1. The van der Waals surface area contributed by atoms with E-state index >= 15 is 0 Å². The number of rotatable bonds is 7. The van der Waals surface area contributed by atoms with Gasteiger partial charge >= 0.3 is 0 Å². The van der Waals surface area contributed by atoms with Crippen LogP contribution in [0.2, 0.25) is 0 Å². The molecule has 1 aromatic rings. The first-order valence-electron chi connectivity index (χ1n) is 6.74. The summed E-state index contributed by atoms with van der Waals surface area (Å²) >= 11 is 5.33. The SMILES string of the molecule is NNC(CCC1CCCO1)CSc1cccc(Br)c1. The van der Waals surface area contributed by atoms with Crippen molar-refractivity contribution in [3.63, 3.8) is 0 Å². The number of ether oxygens (including phenoxy) is 1. The minimum absolute atomic E-state index is 0.341. The largest absolute Gasteiger partial charge is 0.378 e. The van der Waals surface area contributed by atoms with Gasteiger partial charge in [0.25, 0.3) is 0 Å². The Morgan fingerprint density at radius 2 is 2.42 bits per heavy atom. The van der Waals surface area contributed by atoms with E-state index in [4.69, 9.17) is 10.6 Å². The molecule has 19 heavy (non-hydrogen) atoms. The summed E-state index contributed by atoms with van der Waals surface area (Å²) in [5.41, 5.74) is 2.92. The second-order valence-corrected chi connectivity index (χ2v) is 6.85. The van der Waals surface area contributed by atoms with Gasteiger partial charge in [0.1, 0.15) is 0 Å². The maximum Gasteiger partial charge on any atom is 0.0576 e. The van der Waals surface area contributed by atoms with E-state index in [1.165, 1.54) is 17.7 Å². The zero-order valence-electron chi connectivity index (χ0n) is 11.0. The highest BCUT2D eigenvalue weighted by Crippen LogP contribution is 2.24. The van der Waals surface area contributed by atoms with Gasteiger partial charge < -0.3 is 4.74 Å². The number of nitrogens with two attached hydrogens (primary N) is 1. The Labute approximate surface area is 127 Å². The van der Waals surface area contributed by atoms with E-state index in [2.05, 4.69) is 39.6 Å². The van der Waals surface area contributed by atoms with E-state index in [9.17, 15) is 0 Å². The lowest BCUT2D eigenvalue weighted by atomic mass is 10.1. The van der Waals surface area contributed by atoms with Crippen molar-refractivity contribution in [1.82, 2.24) is 5.43 Å². The van der Waals surface area contributed by atoms with Crippen molar-refractivity contribution in [2.45, 2.75) is 42.7 Å². The third-order valence-electron chi connectivity index (χ3n) is 3.34. The molecule has 1 saturated heterocycles. The van der Waals surface area contributed by atoms with Crippen LogP contribution in [0, 0.1) is 0 Å². The predicted octanol–water partition coefficient (Wildman–Crippen LogP) is 3.33. The Balaban J connectivity index is 1.72. The normalized spacial score (nSPS) is 20.6.